The molecule has 0 radical (unpaired) electrons. The molecule has 1 aromatic heterocycles. The highest BCUT2D eigenvalue weighted by atomic mass is 16.4. The molecule has 0 saturated carbocycles. The van der Waals surface area contributed by atoms with Gasteiger partial charge < -0.3 is 20.3 Å². The molecule has 104 valence electrons. The van der Waals surface area contributed by atoms with Crippen LogP contribution in [0.2, 0.25) is 0 Å². The summed E-state index contributed by atoms with van der Waals surface area (Å²) in [6.07, 6.45) is 3.38. The Morgan fingerprint density at radius 2 is 1.84 bits per heavy atom. The third kappa shape index (κ3) is 11.8. The van der Waals surface area contributed by atoms with E-state index in [9.17, 15) is 19.5 Å². The molecule has 0 aliphatic heterocycles. The Kier molecular flexibility index (Phi) is 8.35. The zero-order valence-electron chi connectivity index (χ0n) is 10.5. The van der Waals surface area contributed by atoms with Crippen LogP contribution >= 0.6 is 0 Å². The minimum atomic E-state index is -1.20. The predicted molar refractivity (Wildman–Crippen MR) is 63.8 cm³/mol. The maximum Gasteiger partial charge on any atom is 0.303 e. The quantitative estimate of drug-likeness (QED) is 0.742. The molecule has 0 aliphatic carbocycles. The fourth-order valence-corrected chi connectivity index (χ4v) is 1.06. The van der Waals surface area contributed by atoms with Crippen LogP contribution in [0.1, 0.15) is 26.2 Å². The highest BCUT2D eigenvalue weighted by molar-refractivity contribution is 5.88. The molecule has 0 saturated heterocycles. The lowest BCUT2D eigenvalue weighted by Gasteiger charge is -1.96. The fraction of sp³-hybridized carbons (Fsp3) is 0.333. The minimum absolute atomic E-state index is 0.0498. The summed E-state index contributed by atoms with van der Waals surface area (Å²) >= 11 is 0. The second-order valence-electron chi connectivity index (χ2n) is 3.59. The van der Waals surface area contributed by atoms with Gasteiger partial charge in [0.25, 0.3) is 0 Å². The third-order valence-corrected chi connectivity index (χ3v) is 1.81. The van der Waals surface area contributed by atoms with E-state index in [2.05, 4.69) is 10.3 Å². The molecule has 0 atom stereocenters. The number of hydrogen-bond donors (Lipinski definition) is 2. The van der Waals surface area contributed by atoms with Crippen LogP contribution < -0.4 is 15.4 Å². The summed E-state index contributed by atoms with van der Waals surface area (Å²) in [5.74, 6) is -2.22. The summed E-state index contributed by atoms with van der Waals surface area (Å²) in [4.78, 5) is 32.8. The molecule has 0 spiro atoms. The van der Waals surface area contributed by atoms with Crippen LogP contribution in [0.15, 0.2) is 24.5 Å². The Morgan fingerprint density at radius 3 is 2.26 bits per heavy atom. The van der Waals surface area contributed by atoms with E-state index < -0.39 is 11.9 Å². The molecule has 0 fully saturated rings. The van der Waals surface area contributed by atoms with Gasteiger partial charge in [-0.25, -0.2) is 4.98 Å². The zero-order valence-corrected chi connectivity index (χ0v) is 10.5. The highest BCUT2D eigenvalue weighted by Gasteiger charge is 1.95. The van der Waals surface area contributed by atoms with Crippen LogP contribution in [0.3, 0.4) is 0 Å². The van der Waals surface area contributed by atoms with Crippen molar-refractivity contribution in [3.63, 3.8) is 0 Å². The van der Waals surface area contributed by atoms with Crippen molar-refractivity contribution in [2.45, 2.75) is 26.2 Å². The number of pyridine rings is 1. The van der Waals surface area contributed by atoms with E-state index in [4.69, 9.17) is 5.11 Å². The number of rotatable bonds is 5. The molecular formula is C12H16N2O5. The standard InChI is InChI=1S/C7H8N2O.C5H8O4/c1-6(10)9-7-2-4-8-5-3-7;6-4(7)2-1-3-5(8)9/h2-5H,1H3,(H,8,9,10);1-3H2,(H,6,7)(H,8,9). The molecule has 3 N–H and O–H groups in total. The van der Waals surface area contributed by atoms with E-state index in [1.165, 1.54) is 6.92 Å². The number of anilines is 1. The van der Waals surface area contributed by atoms with Gasteiger partial charge in [-0.1, -0.05) is 0 Å². The summed E-state index contributed by atoms with van der Waals surface area (Å²) in [6, 6.07) is 3.59. The minimum Gasteiger partial charge on any atom is -0.550 e. The fourth-order valence-electron chi connectivity index (χ4n) is 1.06. The molecule has 7 heteroatoms. The number of amides is 1. The Morgan fingerprint density at radius 1 is 1.26 bits per heavy atom. The lowest BCUT2D eigenvalue weighted by molar-refractivity contribution is -0.377. The molecule has 1 rings (SSSR count). The van der Waals surface area contributed by atoms with Gasteiger partial charge in [0.05, 0.1) is 5.69 Å². The zero-order chi connectivity index (χ0) is 14.7. The Balaban J connectivity index is 0.000000344. The molecule has 19 heavy (non-hydrogen) atoms. The van der Waals surface area contributed by atoms with Crippen LogP contribution in [-0.2, 0) is 14.4 Å². The smallest absolute Gasteiger partial charge is 0.303 e. The average Bonchev–Trinajstić information content (AvgIpc) is 2.29. The van der Waals surface area contributed by atoms with Gasteiger partial charge in [-0.3, -0.25) is 9.59 Å². The number of aromatic amines is 1. The largest absolute Gasteiger partial charge is 0.550 e. The summed E-state index contributed by atoms with van der Waals surface area (Å²) < 4.78 is 0. The maximum atomic E-state index is 10.5. The van der Waals surface area contributed by atoms with Crippen LogP contribution in [0.5, 0.6) is 0 Å². The van der Waals surface area contributed by atoms with E-state index in [1.54, 1.807) is 24.5 Å². The Hall–Kier alpha value is -2.44. The highest BCUT2D eigenvalue weighted by Crippen LogP contribution is 1.99. The number of H-pyrrole nitrogens is 1. The number of aliphatic carboxylic acids is 2. The monoisotopic (exact) mass is 268 g/mol. The van der Waals surface area contributed by atoms with Gasteiger partial charge in [-0.05, 0) is 12.8 Å². The van der Waals surface area contributed by atoms with Crippen LogP contribution in [0, 0.1) is 0 Å². The van der Waals surface area contributed by atoms with Gasteiger partial charge in [-0.15, -0.1) is 0 Å². The van der Waals surface area contributed by atoms with Crippen molar-refractivity contribution in [1.29, 1.82) is 0 Å². The number of carbonyl (C=O) groups is 3. The van der Waals surface area contributed by atoms with Gasteiger partial charge >= 0.3 is 5.97 Å². The molecule has 1 heterocycles. The number of carboxylic acid groups (broad SMARTS) is 2. The van der Waals surface area contributed by atoms with E-state index in [1.807, 2.05) is 0 Å². The van der Waals surface area contributed by atoms with Crippen LogP contribution in [0.25, 0.3) is 0 Å². The number of aromatic nitrogens is 1. The molecule has 1 aromatic rings. The Bertz CT molecular complexity index is 405. The first-order valence-corrected chi connectivity index (χ1v) is 5.57. The van der Waals surface area contributed by atoms with Crippen LogP contribution in [-0.4, -0.2) is 23.0 Å². The van der Waals surface area contributed by atoms with Crippen LogP contribution in [0.4, 0.5) is 5.69 Å². The molecule has 0 aliphatic rings. The van der Waals surface area contributed by atoms with Crippen molar-refractivity contribution >= 4 is 23.5 Å². The molecule has 0 bridgehead atoms. The van der Waals surface area contributed by atoms with Crippen molar-refractivity contribution < 1.29 is 29.6 Å². The van der Waals surface area contributed by atoms with Crippen molar-refractivity contribution in [2.75, 3.05) is 5.32 Å². The predicted octanol–water partition coefficient (Wildman–Crippen LogP) is -0.550. The summed E-state index contributed by atoms with van der Waals surface area (Å²) in [7, 11) is 0. The van der Waals surface area contributed by atoms with E-state index in [0.29, 0.717) is 0 Å². The Labute approximate surface area is 110 Å². The van der Waals surface area contributed by atoms with Crippen molar-refractivity contribution in [3.8, 4) is 0 Å². The first-order chi connectivity index (χ1) is 8.91. The van der Waals surface area contributed by atoms with Gasteiger partial charge in [-0.2, -0.15) is 0 Å². The first kappa shape index (κ1) is 16.6. The number of hydrogen-bond acceptors (Lipinski definition) is 4. The van der Waals surface area contributed by atoms with E-state index >= 15 is 0 Å². The second kappa shape index (κ2) is 9.58. The average molecular weight is 268 g/mol. The molecule has 0 unspecified atom stereocenters. The first-order valence-electron chi connectivity index (χ1n) is 5.57. The van der Waals surface area contributed by atoms with E-state index in [0.717, 1.165) is 5.69 Å². The van der Waals surface area contributed by atoms with Crippen molar-refractivity contribution in [1.82, 2.24) is 0 Å². The SMILES string of the molecule is CC(=O)Nc1cc[nH+]cc1.O=C([O-])CCCC(=O)O. The summed E-state index contributed by atoms with van der Waals surface area (Å²) in [5, 5.41) is 20.3. The molecule has 7 nitrogen and oxygen atoms in total. The van der Waals surface area contributed by atoms with Gasteiger partial charge in [0.1, 0.15) is 0 Å². The van der Waals surface area contributed by atoms with Gasteiger partial charge in [0.15, 0.2) is 12.4 Å². The summed E-state index contributed by atoms with van der Waals surface area (Å²) in [5.41, 5.74) is 0.811. The topological polar surface area (TPSA) is 121 Å². The molecule has 0 aromatic carbocycles. The van der Waals surface area contributed by atoms with Gasteiger partial charge in [0, 0.05) is 31.4 Å². The maximum absolute atomic E-state index is 10.5. The second-order valence-corrected chi connectivity index (χ2v) is 3.59. The lowest BCUT2D eigenvalue weighted by atomic mass is 10.2. The summed E-state index contributed by atoms with van der Waals surface area (Å²) in [6.45, 7) is 1.48. The molecular weight excluding hydrogens is 252 g/mol. The number of carboxylic acids is 2. The normalized spacial score (nSPS) is 8.89. The van der Waals surface area contributed by atoms with Crippen molar-refractivity contribution in [2.24, 2.45) is 0 Å². The number of carbonyl (C=O) groups excluding carboxylic acids is 2. The van der Waals surface area contributed by atoms with Crippen molar-refractivity contribution in [3.05, 3.63) is 24.5 Å². The number of nitrogens with one attached hydrogen (secondary N) is 2. The molecule has 1 amide bonds. The van der Waals surface area contributed by atoms with Gasteiger partial charge in [0.2, 0.25) is 5.91 Å². The lowest BCUT2D eigenvalue weighted by Crippen LogP contribution is -2.21. The van der Waals surface area contributed by atoms with E-state index in [-0.39, 0.29) is 25.2 Å². The third-order valence-electron chi connectivity index (χ3n) is 1.81.